The van der Waals surface area contributed by atoms with Gasteiger partial charge in [-0.3, -0.25) is 0 Å². The minimum Gasteiger partial charge on any atom is -0.383 e. The number of ether oxygens (including phenoxy) is 1. The molecule has 0 fully saturated rings. The van der Waals surface area contributed by atoms with E-state index < -0.39 is 0 Å². The van der Waals surface area contributed by atoms with Crippen LogP contribution in [0.3, 0.4) is 0 Å². The Morgan fingerprint density at radius 1 is 1.17 bits per heavy atom. The Hall–Kier alpha value is -0.930. The maximum Gasteiger partial charge on any atom is 0.123 e. The van der Waals surface area contributed by atoms with Gasteiger partial charge in [0.2, 0.25) is 0 Å². The molecule has 1 N–H and O–H groups in total. The van der Waals surface area contributed by atoms with Crippen molar-refractivity contribution in [2.45, 2.75) is 26.2 Å². The lowest BCUT2D eigenvalue weighted by Gasteiger charge is -2.12. The van der Waals surface area contributed by atoms with Gasteiger partial charge in [0.25, 0.3) is 0 Å². The van der Waals surface area contributed by atoms with E-state index in [1.807, 2.05) is 12.1 Å². The minimum absolute atomic E-state index is 0.158. The first-order valence-corrected chi connectivity index (χ1v) is 6.66. The number of rotatable bonds is 9. The van der Waals surface area contributed by atoms with Crippen LogP contribution in [0, 0.1) is 11.7 Å². The maximum atomic E-state index is 12.7. The highest BCUT2D eigenvalue weighted by Crippen LogP contribution is 2.12. The third-order valence-corrected chi connectivity index (χ3v) is 3.14. The lowest BCUT2D eigenvalue weighted by Crippen LogP contribution is -2.21. The molecule has 18 heavy (non-hydrogen) atoms. The van der Waals surface area contributed by atoms with Crippen molar-refractivity contribution in [2.75, 3.05) is 26.8 Å². The molecule has 0 saturated carbocycles. The molecule has 0 spiro atoms. The molecule has 3 heteroatoms. The number of benzene rings is 1. The van der Waals surface area contributed by atoms with E-state index in [-0.39, 0.29) is 5.82 Å². The quantitative estimate of drug-likeness (QED) is 0.683. The predicted octanol–water partition coefficient (Wildman–Crippen LogP) is 3.02. The standard InChI is InChI=1S/C15H24FNO/c1-13(9-10-17-11-12-18-2)3-4-14-5-7-15(16)8-6-14/h5-8,13,17H,3-4,9-12H2,1-2H3. The van der Waals surface area contributed by atoms with E-state index in [1.54, 1.807) is 7.11 Å². The second-order valence-electron chi connectivity index (χ2n) is 4.80. The summed E-state index contributed by atoms with van der Waals surface area (Å²) in [4.78, 5) is 0. The van der Waals surface area contributed by atoms with Gasteiger partial charge in [0, 0.05) is 13.7 Å². The second kappa shape index (κ2) is 9.06. The number of hydrogen-bond acceptors (Lipinski definition) is 2. The largest absolute Gasteiger partial charge is 0.383 e. The van der Waals surface area contributed by atoms with Gasteiger partial charge < -0.3 is 10.1 Å². The van der Waals surface area contributed by atoms with Crippen molar-refractivity contribution in [2.24, 2.45) is 5.92 Å². The Kier molecular flexibility index (Phi) is 7.62. The first-order valence-electron chi connectivity index (χ1n) is 6.66. The molecule has 1 aromatic rings. The third kappa shape index (κ3) is 6.72. The molecule has 0 aromatic heterocycles. The lowest BCUT2D eigenvalue weighted by molar-refractivity contribution is 0.199. The predicted molar refractivity (Wildman–Crippen MR) is 73.2 cm³/mol. The summed E-state index contributed by atoms with van der Waals surface area (Å²) in [6.07, 6.45) is 3.35. The topological polar surface area (TPSA) is 21.3 Å². The van der Waals surface area contributed by atoms with Crippen LogP contribution in [0.2, 0.25) is 0 Å². The molecule has 0 aliphatic carbocycles. The van der Waals surface area contributed by atoms with Crippen LogP contribution in [-0.2, 0) is 11.2 Å². The molecule has 0 bridgehead atoms. The Balaban J connectivity index is 2.09. The lowest BCUT2D eigenvalue weighted by atomic mass is 9.98. The molecule has 102 valence electrons. The zero-order chi connectivity index (χ0) is 13.2. The number of nitrogens with one attached hydrogen (secondary N) is 1. The Bertz CT molecular complexity index is 313. The molecule has 2 nitrogen and oxygen atoms in total. The zero-order valence-electron chi connectivity index (χ0n) is 11.4. The van der Waals surface area contributed by atoms with E-state index in [2.05, 4.69) is 12.2 Å². The molecule has 0 radical (unpaired) electrons. The summed E-state index contributed by atoms with van der Waals surface area (Å²) >= 11 is 0. The number of methoxy groups -OCH3 is 1. The van der Waals surface area contributed by atoms with Crippen LogP contribution >= 0.6 is 0 Å². The Morgan fingerprint density at radius 3 is 2.56 bits per heavy atom. The maximum absolute atomic E-state index is 12.7. The fourth-order valence-electron chi connectivity index (χ4n) is 1.86. The summed E-state index contributed by atoms with van der Waals surface area (Å²) in [6.45, 7) is 4.99. The average molecular weight is 253 g/mol. The molecule has 0 amide bonds. The van der Waals surface area contributed by atoms with Gasteiger partial charge >= 0.3 is 0 Å². The minimum atomic E-state index is -0.158. The van der Waals surface area contributed by atoms with Crippen LogP contribution in [0.4, 0.5) is 4.39 Å². The van der Waals surface area contributed by atoms with E-state index >= 15 is 0 Å². The van der Waals surface area contributed by atoms with Crippen LogP contribution in [-0.4, -0.2) is 26.8 Å². The molecule has 0 heterocycles. The van der Waals surface area contributed by atoms with Crippen LogP contribution in [0.15, 0.2) is 24.3 Å². The van der Waals surface area contributed by atoms with Gasteiger partial charge in [-0.25, -0.2) is 4.39 Å². The summed E-state index contributed by atoms with van der Waals surface area (Å²) in [7, 11) is 1.72. The molecule has 0 aliphatic rings. The second-order valence-corrected chi connectivity index (χ2v) is 4.80. The van der Waals surface area contributed by atoms with Crippen LogP contribution in [0.1, 0.15) is 25.3 Å². The number of halogens is 1. The first-order chi connectivity index (χ1) is 8.72. The van der Waals surface area contributed by atoms with Gasteiger partial charge in [0.15, 0.2) is 0 Å². The fourth-order valence-corrected chi connectivity index (χ4v) is 1.86. The van der Waals surface area contributed by atoms with E-state index in [0.29, 0.717) is 5.92 Å². The van der Waals surface area contributed by atoms with Crippen LogP contribution < -0.4 is 5.32 Å². The average Bonchev–Trinajstić information content (AvgIpc) is 2.38. The van der Waals surface area contributed by atoms with Crippen molar-refractivity contribution in [1.82, 2.24) is 5.32 Å². The highest BCUT2D eigenvalue weighted by molar-refractivity contribution is 5.16. The highest BCUT2D eigenvalue weighted by atomic mass is 19.1. The normalized spacial score (nSPS) is 12.6. The fraction of sp³-hybridized carbons (Fsp3) is 0.600. The van der Waals surface area contributed by atoms with Crippen molar-refractivity contribution in [3.8, 4) is 0 Å². The molecular weight excluding hydrogens is 229 g/mol. The van der Waals surface area contributed by atoms with Gasteiger partial charge in [0.05, 0.1) is 6.61 Å². The molecule has 1 aromatic carbocycles. The monoisotopic (exact) mass is 253 g/mol. The van der Waals surface area contributed by atoms with Gasteiger partial charge in [0.1, 0.15) is 5.82 Å². The summed E-state index contributed by atoms with van der Waals surface area (Å²) < 4.78 is 17.7. The van der Waals surface area contributed by atoms with E-state index in [4.69, 9.17) is 4.74 Å². The van der Waals surface area contributed by atoms with Gasteiger partial charge in [-0.1, -0.05) is 19.1 Å². The molecule has 0 saturated heterocycles. The Morgan fingerprint density at radius 2 is 1.89 bits per heavy atom. The summed E-state index contributed by atoms with van der Waals surface area (Å²) in [5, 5.41) is 3.35. The number of hydrogen-bond donors (Lipinski definition) is 1. The molecular formula is C15H24FNO. The SMILES string of the molecule is COCCNCCC(C)CCc1ccc(F)cc1. The van der Waals surface area contributed by atoms with Crippen molar-refractivity contribution in [3.05, 3.63) is 35.6 Å². The van der Waals surface area contributed by atoms with Gasteiger partial charge in [-0.2, -0.15) is 0 Å². The number of aryl methyl sites for hydroxylation is 1. The summed E-state index contributed by atoms with van der Waals surface area (Å²) in [5.41, 5.74) is 1.22. The van der Waals surface area contributed by atoms with Crippen molar-refractivity contribution in [3.63, 3.8) is 0 Å². The molecule has 1 rings (SSSR count). The van der Waals surface area contributed by atoms with E-state index in [1.165, 1.54) is 24.1 Å². The van der Waals surface area contributed by atoms with Crippen LogP contribution in [0.5, 0.6) is 0 Å². The van der Waals surface area contributed by atoms with E-state index in [0.717, 1.165) is 32.5 Å². The van der Waals surface area contributed by atoms with Crippen molar-refractivity contribution < 1.29 is 9.13 Å². The molecule has 1 atom stereocenters. The van der Waals surface area contributed by atoms with Crippen molar-refractivity contribution in [1.29, 1.82) is 0 Å². The van der Waals surface area contributed by atoms with Crippen molar-refractivity contribution >= 4 is 0 Å². The Labute approximate surface area is 110 Å². The molecule has 0 aliphatic heterocycles. The zero-order valence-corrected chi connectivity index (χ0v) is 11.4. The highest BCUT2D eigenvalue weighted by Gasteiger charge is 2.03. The van der Waals surface area contributed by atoms with Crippen LogP contribution in [0.25, 0.3) is 0 Å². The third-order valence-electron chi connectivity index (χ3n) is 3.14. The smallest absolute Gasteiger partial charge is 0.123 e. The first kappa shape index (κ1) is 15.1. The van der Waals surface area contributed by atoms with E-state index in [9.17, 15) is 4.39 Å². The van der Waals surface area contributed by atoms with Gasteiger partial charge in [-0.15, -0.1) is 0 Å². The summed E-state index contributed by atoms with van der Waals surface area (Å²) in [5.74, 6) is 0.527. The molecule has 1 unspecified atom stereocenters. The summed E-state index contributed by atoms with van der Waals surface area (Å²) in [6, 6.07) is 6.82. The van der Waals surface area contributed by atoms with Gasteiger partial charge in [-0.05, 0) is 49.4 Å².